The predicted octanol–water partition coefficient (Wildman–Crippen LogP) is 3.79. The predicted molar refractivity (Wildman–Crippen MR) is 89.1 cm³/mol. The first-order valence-electron chi connectivity index (χ1n) is 8.46. The maximum absolute atomic E-state index is 11.4. The Bertz CT molecular complexity index is 522. The van der Waals surface area contributed by atoms with Gasteiger partial charge >= 0.3 is 0 Å². The van der Waals surface area contributed by atoms with Gasteiger partial charge in [-0.25, -0.2) is 0 Å². The topological polar surface area (TPSA) is 50.4 Å². The highest BCUT2D eigenvalue weighted by Crippen LogP contribution is 2.58. The van der Waals surface area contributed by atoms with Gasteiger partial charge in [0.1, 0.15) is 0 Å². The molecule has 0 radical (unpaired) electrons. The summed E-state index contributed by atoms with van der Waals surface area (Å²) in [7, 11) is 0. The molecule has 0 heterocycles. The number of amides is 1. The Balaban J connectivity index is 1.59. The number of ether oxygens (including phenoxy) is 1. The van der Waals surface area contributed by atoms with Crippen LogP contribution in [0.25, 0.3) is 0 Å². The van der Waals surface area contributed by atoms with Crippen molar-refractivity contribution in [3.8, 4) is 0 Å². The molecule has 2 aliphatic carbocycles. The number of nitrogens with one attached hydrogen (secondary N) is 2. The SMILES string of the molecule is CCO[C@@H]1C[C@H](Nc2ccc(NC(=O)CC)cc2)C12CCC2. The van der Waals surface area contributed by atoms with E-state index in [1.165, 1.54) is 19.3 Å². The van der Waals surface area contributed by atoms with E-state index in [0.29, 0.717) is 24.0 Å². The van der Waals surface area contributed by atoms with E-state index in [0.717, 1.165) is 24.4 Å². The molecule has 3 rings (SSSR count). The molecule has 0 saturated heterocycles. The van der Waals surface area contributed by atoms with Crippen molar-refractivity contribution in [3.05, 3.63) is 24.3 Å². The summed E-state index contributed by atoms with van der Waals surface area (Å²) in [5.41, 5.74) is 2.35. The summed E-state index contributed by atoms with van der Waals surface area (Å²) < 4.78 is 5.89. The van der Waals surface area contributed by atoms with Crippen molar-refractivity contribution in [2.75, 3.05) is 17.2 Å². The number of hydrogen-bond acceptors (Lipinski definition) is 3. The summed E-state index contributed by atoms with van der Waals surface area (Å²) in [6.45, 7) is 4.75. The molecule has 4 nitrogen and oxygen atoms in total. The molecule has 2 aliphatic rings. The van der Waals surface area contributed by atoms with Gasteiger partial charge in [0, 0.05) is 35.9 Å². The number of hydrogen-bond donors (Lipinski definition) is 2. The highest BCUT2D eigenvalue weighted by Gasteiger charge is 2.58. The van der Waals surface area contributed by atoms with E-state index in [-0.39, 0.29) is 5.91 Å². The standard InChI is InChI=1S/C18H26N2O2/c1-3-17(21)20-14-8-6-13(7-9-14)19-15-12-16(22-4-2)18(15)10-5-11-18/h6-9,15-16,19H,3-5,10-12H2,1-2H3,(H,20,21)/t15-,16+/m0/s1. The second-order valence-corrected chi connectivity index (χ2v) is 6.44. The van der Waals surface area contributed by atoms with Gasteiger partial charge in [-0.2, -0.15) is 0 Å². The second kappa shape index (κ2) is 6.29. The molecule has 2 fully saturated rings. The number of carbonyl (C=O) groups excluding carboxylic acids is 1. The minimum atomic E-state index is 0.0488. The summed E-state index contributed by atoms with van der Waals surface area (Å²) in [5.74, 6) is 0.0488. The zero-order chi connectivity index (χ0) is 15.6. The molecule has 1 aromatic carbocycles. The van der Waals surface area contributed by atoms with Crippen LogP contribution in [0, 0.1) is 5.41 Å². The van der Waals surface area contributed by atoms with Crippen LogP contribution in [0.15, 0.2) is 24.3 Å². The fourth-order valence-corrected chi connectivity index (χ4v) is 3.74. The van der Waals surface area contributed by atoms with Gasteiger partial charge in [0.25, 0.3) is 0 Å². The minimum absolute atomic E-state index is 0.0488. The van der Waals surface area contributed by atoms with Gasteiger partial charge in [-0.1, -0.05) is 13.3 Å². The van der Waals surface area contributed by atoms with Crippen molar-refractivity contribution in [3.63, 3.8) is 0 Å². The Kier molecular flexibility index (Phi) is 4.39. The van der Waals surface area contributed by atoms with E-state index in [1.54, 1.807) is 0 Å². The van der Waals surface area contributed by atoms with Crippen molar-refractivity contribution in [1.29, 1.82) is 0 Å². The van der Waals surface area contributed by atoms with Crippen molar-refractivity contribution in [2.24, 2.45) is 5.41 Å². The minimum Gasteiger partial charge on any atom is -0.382 e. The lowest BCUT2D eigenvalue weighted by molar-refractivity contribution is -0.157. The smallest absolute Gasteiger partial charge is 0.224 e. The van der Waals surface area contributed by atoms with E-state index in [4.69, 9.17) is 4.74 Å². The van der Waals surface area contributed by atoms with E-state index >= 15 is 0 Å². The van der Waals surface area contributed by atoms with Gasteiger partial charge in [0.2, 0.25) is 5.91 Å². The zero-order valence-electron chi connectivity index (χ0n) is 13.5. The molecule has 1 spiro atoms. The van der Waals surface area contributed by atoms with Crippen molar-refractivity contribution < 1.29 is 9.53 Å². The summed E-state index contributed by atoms with van der Waals surface area (Å²) >= 11 is 0. The Hall–Kier alpha value is -1.55. The first kappa shape index (κ1) is 15.3. The quantitative estimate of drug-likeness (QED) is 0.840. The largest absolute Gasteiger partial charge is 0.382 e. The normalized spacial score (nSPS) is 25.2. The number of anilines is 2. The molecule has 120 valence electrons. The first-order chi connectivity index (χ1) is 10.7. The van der Waals surface area contributed by atoms with Crippen LogP contribution in [0.1, 0.15) is 46.0 Å². The summed E-state index contributed by atoms with van der Waals surface area (Å²) in [6, 6.07) is 8.54. The summed E-state index contributed by atoms with van der Waals surface area (Å²) in [5, 5.41) is 6.54. The van der Waals surface area contributed by atoms with Crippen molar-refractivity contribution >= 4 is 17.3 Å². The molecule has 22 heavy (non-hydrogen) atoms. The molecule has 2 atom stereocenters. The van der Waals surface area contributed by atoms with E-state index in [2.05, 4.69) is 17.6 Å². The molecule has 2 N–H and O–H groups in total. The number of benzene rings is 1. The van der Waals surface area contributed by atoms with Gasteiger partial charge in [-0.15, -0.1) is 0 Å². The molecule has 0 aliphatic heterocycles. The monoisotopic (exact) mass is 302 g/mol. The first-order valence-corrected chi connectivity index (χ1v) is 8.46. The van der Waals surface area contributed by atoms with Crippen LogP contribution in [-0.4, -0.2) is 24.7 Å². The third-order valence-electron chi connectivity index (χ3n) is 5.27. The van der Waals surface area contributed by atoms with Crippen molar-refractivity contribution in [2.45, 2.75) is 58.1 Å². The highest BCUT2D eigenvalue weighted by molar-refractivity contribution is 5.90. The third-order valence-corrected chi connectivity index (χ3v) is 5.27. The maximum atomic E-state index is 11.4. The number of carbonyl (C=O) groups is 1. The van der Waals surface area contributed by atoms with Crippen LogP contribution in [0.4, 0.5) is 11.4 Å². The second-order valence-electron chi connectivity index (χ2n) is 6.44. The Labute approximate surface area is 132 Å². The summed E-state index contributed by atoms with van der Waals surface area (Å²) in [6.07, 6.45) is 5.92. The van der Waals surface area contributed by atoms with Crippen LogP contribution < -0.4 is 10.6 Å². The summed E-state index contributed by atoms with van der Waals surface area (Å²) in [4.78, 5) is 11.4. The van der Waals surface area contributed by atoms with Gasteiger partial charge in [-0.3, -0.25) is 4.79 Å². The molecule has 1 aromatic rings. The molecule has 2 saturated carbocycles. The van der Waals surface area contributed by atoms with Crippen LogP contribution in [0.3, 0.4) is 0 Å². The van der Waals surface area contributed by atoms with Crippen molar-refractivity contribution in [1.82, 2.24) is 0 Å². The lowest BCUT2D eigenvalue weighted by Gasteiger charge is -2.61. The van der Waals surface area contributed by atoms with E-state index in [9.17, 15) is 4.79 Å². The fraction of sp³-hybridized carbons (Fsp3) is 0.611. The molecular formula is C18H26N2O2. The highest BCUT2D eigenvalue weighted by atomic mass is 16.5. The average molecular weight is 302 g/mol. The maximum Gasteiger partial charge on any atom is 0.224 e. The Morgan fingerprint density at radius 1 is 1.23 bits per heavy atom. The molecule has 0 bridgehead atoms. The van der Waals surface area contributed by atoms with Gasteiger partial charge in [0.15, 0.2) is 0 Å². The lowest BCUT2D eigenvalue weighted by atomic mass is 9.51. The molecule has 0 aromatic heterocycles. The Morgan fingerprint density at radius 3 is 2.45 bits per heavy atom. The molecule has 0 unspecified atom stereocenters. The van der Waals surface area contributed by atoms with Crippen LogP contribution in [-0.2, 0) is 9.53 Å². The molecule has 4 heteroatoms. The van der Waals surface area contributed by atoms with Gasteiger partial charge in [-0.05, 0) is 50.5 Å². The van der Waals surface area contributed by atoms with E-state index < -0.39 is 0 Å². The van der Waals surface area contributed by atoms with Gasteiger partial charge < -0.3 is 15.4 Å². The Morgan fingerprint density at radius 2 is 1.91 bits per heavy atom. The fourth-order valence-electron chi connectivity index (χ4n) is 3.74. The van der Waals surface area contributed by atoms with Gasteiger partial charge in [0.05, 0.1) is 6.10 Å². The molecule has 1 amide bonds. The van der Waals surface area contributed by atoms with Crippen LogP contribution in [0.5, 0.6) is 0 Å². The molecular weight excluding hydrogens is 276 g/mol. The van der Waals surface area contributed by atoms with Crippen LogP contribution >= 0.6 is 0 Å². The number of rotatable bonds is 6. The van der Waals surface area contributed by atoms with E-state index in [1.807, 2.05) is 31.2 Å². The van der Waals surface area contributed by atoms with Crippen LogP contribution in [0.2, 0.25) is 0 Å². The lowest BCUT2D eigenvalue weighted by Crippen LogP contribution is -2.64. The average Bonchev–Trinajstić information content (AvgIpc) is 2.46. The third kappa shape index (κ3) is 2.72. The zero-order valence-corrected chi connectivity index (χ0v) is 13.5.